The van der Waals surface area contributed by atoms with Crippen LogP contribution in [-0.2, 0) is 6.61 Å². The van der Waals surface area contributed by atoms with E-state index in [0.717, 1.165) is 15.6 Å². The van der Waals surface area contributed by atoms with Crippen LogP contribution >= 0.6 is 27.5 Å². The van der Waals surface area contributed by atoms with Gasteiger partial charge in [-0.05, 0) is 13.0 Å². The van der Waals surface area contributed by atoms with Gasteiger partial charge in [0.05, 0.1) is 0 Å². The molecule has 2 rings (SSSR count). The number of halogens is 2. The van der Waals surface area contributed by atoms with E-state index in [2.05, 4.69) is 25.9 Å². The number of rotatable bonds is 3. The zero-order valence-electron chi connectivity index (χ0n) is 9.15. The molecule has 0 bridgehead atoms. The van der Waals surface area contributed by atoms with Gasteiger partial charge in [-0.25, -0.2) is 9.97 Å². The molecule has 0 atom stereocenters. The molecule has 5 heteroatoms. The lowest BCUT2D eigenvalue weighted by Gasteiger charge is -2.09. The minimum absolute atomic E-state index is 0.419. The second kappa shape index (κ2) is 5.47. The fraction of sp³-hybridized carbons (Fsp3) is 0.167. The summed E-state index contributed by atoms with van der Waals surface area (Å²) in [5.41, 5.74) is 1.81. The molecule has 0 radical (unpaired) electrons. The lowest BCUT2D eigenvalue weighted by Crippen LogP contribution is -2.00. The van der Waals surface area contributed by atoms with E-state index in [1.54, 1.807) is 0 Å². The zero-order chi connectivity index (χ0) is 12.3. The van der Waals surface area contributed by atoms with E-state index in [0.29, 0.717) is 17.6 Å². The summed E-state index contributed by atoms with van der Waals surface area (Å²) < 4.78 is 6.63. The molecular formula is C12H10BrClN2O. The van der Waals surface area contributed by atoms with E-state index in [1.807, 2.05) is 31.2 Å². The zero-order valence-corrected chi connectivity index (χ0v) is 11.5. The van der Waals surface area contributed by atoms with Gasteiger partial charge in [-0.15, -0.1) is 0 Å². The first-order valence-corrected chi connectivity index (χ1v) is 6.19. The van der Waals surface area contributed by atoms with Crippen molar-refractivity contribution in [3.05, 3.63) is 51.3 Å². The molecule has 88 valence electrons. The molecule has 1 heterocycles. The van der Waals surface area contributed by atoms with E-state index >= 15 is 0 Å². The van der Waals surface area contributed by atoms with Crippen LogP contribution in [-0.4, -0.2) is 9.97 Å². The molecule has 0 saturated heterocycles. The van der Waals surface area contributed by atoms with Gasteiger partial charge in [-0.3, -0.25) is 0 Å². The average molecular weight is 314 g/mol. The summed E-state index contributed by atoms with van der Waals surface area (Å²) in [6.45, 7) is 2.27. The minimum atomic E-state index is 0.419. The number of hydrogen-bond donors (Lipinski definition) is 0. The van der Waals surface area contributed by atoms with Gasteiger partial charge in [0.1, 0.15) is 18.1 Å². The highest BCUT2D eigenvalue weighted by Gasteiger charge is 2.07. The van der Waals surface area contributed by atoms with Gasteiger partial charge < -0.3 is 4.74 Å². The Labute approximate surface area is 113 Å². The first-order valence-electron chi connectivity index (χ1n) is 5.02. The molecule has 17 heavy (non-hydrogen) atoms. The van der Waals surface area contributed by atoms with Crippen molar-refractivity contribution in [1.29, 1.82) is 0 Å². The van der Waals surface area contributed by atoms with Crippen LogP contribution in [0.3, 0.4) is 0 Å². The quantitative estimate of drug-likeness (QED) is 0.809. The number of nitrogens with zero attached hydrogens (tertiary/aromatic N) is 2. The molecule has 1 aromatic carbocycles. The molecular weight excluding hydrogens is 304 g/mol. The van der Waals surface area contributed by atoms with Gasteiger partial charge in [-0.2, -0.15) is 0 Å². The Morgan fingerprint density at radius 2 is 2.06 bits per heavy atom. The van der Waals surface area contributed by atoms with Crippen molar-refractivity contribution in [3.63, 3.8) is 0 Å². The van der Waals surface area contributed by atoms with Crippen LogP contribution in [0, 0.1) is 6.92 Å². The molecule has 3 nitrogen and oxygen atoms in total. The largest absolute Gasteiger partial charge is 0.472 e. The molecule has 0 aliphatic carbocycles. The Hall–Kier alpha value is -1.13. The Bertz CT molecular complexity index is 534. The fourth-order valence-corrected chi connectivity index (χ4v) is 1.84. The van der Waals surface area contributed by atoms with Crippen LogP contribution in [0.25, 0.3) is 0 Å². The third-order valence-corrected chi connectivity index (χ3v) is 3.45. The summed E-state index contributed by atoms with van der Waals surface area (Å²) in [5, 5.41) is 0.419. The maximum atomic E-state index is 5.89. The summed E-state index contributed by atoms with van der Waals surface area (Å²) in [5.74, 6) is 0.515. The highest BCUT2D eigenvalue weighted by molar-refractivity contribution is 9.10. The van der Waals surface area contributed by atoms with E-state index in [-0.39, 0.29) is 0 Å². The van der Waals surface area contributed by atoms with Crippen molar-refractivity contribution in [3.8, 4) is 5.88 Å². The molecule has 0 amide bonds. The SMILES string of the molecule is Cc1c(Cl)ncnc1OCc1ccccc1Br. The third-order valence-electron chi connectivity index (χ3n) is 2.30. The first kappa shape index (κ1) is 12.3. The van der Waals surface area contributed by atoms with Gasteiger partial charge in [0.25, 0.3) is 0 Å². The van der Waals surface area contributed by atoms with Crippen LogP contribution in [0.15, 0.2) is 35.1 Å². The summed E-state index contributed by atoms with van der Waals surface area (Å²) >= 11 is 9.35. The van der Waals surface area contributed by atoms with Crippen LogP contribution < -0.4 is 4.74 Å². The standard InChI is InChI=1S/C12H10BrClN2O/c1-8-11(14)15-7-16-12(8)17-6-9-4-2-3-5-10(9)13/h2-5,7H,6H2,1H3. The summed E-state index contributed by atoms with van der Waals surface area (Å²) in [4.78, 5) is 7.93. The normalized spacial score (nSPS) is 10.3. The number of benzene rings is 1. The molecule has 0 N–H and O–H groups in total. The Morgan fingerprint density at radius 3 is 2.82 bits per heavy atom. The van der Waals surface area contributed by atoms with Gasteiger partial charge in [0, 0.05) is 15.6 Å². The van der Waals surface area contributed by atoms with Gasteiger partial charge in [-0.1, -0.05) is 45.7 Å². The number of ether oxygens (including phenoxy) is 1. The van der Waals surface area contributed by atoms with Crippen molar-refractivity contribution < 1.29 is 4.74 Å². The van der Waals surface area contributed by atoms with Crippen molar-refractivity contribution >= 4 is 27.5 Å². The molecule has 0 spiro atoms. The van der Waals surface area contributed by atoms with Crippen molar-refractivity contribution in [2.75, 3.05) is 0 Å². The first-order chi connectivity index (χ1) is 8.18. The maximum absolute atomic E-state index is 5.89. The lowest BCUT2D eigenvalue weighted by atomic mass is 10.2. The summed E-state index contributed by atoms with van der Waals surface area (Å²) in [6, 6.07) is 7.88. The number of hydrogen-bond acceptors (Lipinski definition) is 3. The van der Waals surface area contributed by atoms with Crippen LogP contribution in [0.4, 0.5) is 0 Å². The highest BCUT2D eigenvalue weighted by atomic mass is 79.9. The van der Waals surface area contributed by atoms with Crippen LogP contribution in [0.2, 0.25) is 5.15 Å². The van der Waals surface area contributed by atoms with Gasteiger partial charge in [0.2, 0.25) is 5.88 Å². The molecule has 0 saturated carbocycles. The van der Waals surface area contributed by atoms with Crippen LogP contribution in [0.5, 0.6) is 5.88 Å². The van der Waals surface area contributed by atoms with Gasteiger partial charge in [0.15, 0.2) is 0 Å². The predicted octanol–water partition coefficient (Wildman–Crippen LogP) is 3.78. The summed E-state index contributed by atoms with van der Waals surface area (Å²) in [7, 11) is 0. The smallest absolute Gasteiger partial charge is 0.221 e. The van der Waals surface area contributed by atoms with Crippen molar-refractivity contribution in [2.24, 2.45) is 0 Å². The summed E-state index contributed by atoms with van der Waals surface area (Å²) in [6.07, 6.45) is 1.39. The Morgan fingerprint density at radius 1 is 1.29 bits per heavy atom. The Balaban J connectivity index is 2.13. The topological polar surface area (TPSA) is 35.0 Å². The van der Waals surface area contributed by atoms with E-state index < -0.39 is 0 Å². The van der Waals surface area contributed by atoms with E-state index in [1.165, 1.54) is 6.33 Å². The van der Waals surface area contributed by atoms with E-state index in [4.69, 9.17) is 16.3 Å². The van der Waals surface area contributed by atoms with Crippen molar-refractivity contribution in [2.45, 2.75) is 13.5 Å². The monoisotopic (exact) mass is 312 g/mol. The van der Waals surface area contributed by atoms with Crippen LogP contribution in [0.1, 0.15) is 11.1 Å². The van der Waals surface area contributed by atoms with Crippen molar-refractivity contribution in [1.82, 2.24) is 9.97 Å². The second-order valence-corrected chi connectivity index (χ2v) is 4.69. The van der Waals surface area contributed by atoms with Gasteiger partial charge >= 0.3 is 0 Å². The molecule has 0 fully saturated rings. The predicted molar refractivity (Wildman–Crippen MR) is 70.3 cm³/mol. The molecule has 0 aliphatic rings. The number of aromatic nitrogens is 2. The second-order valence-electron chi connectivity index (χ2n) is 3.47. The fourth-order valence-electron chi connectivity index (χ4n) is 1.32. The van der Waals surface area contributed by atoms with E-state index in [9.17, 15) is 0 Å². The molecule has 1 aromatic heterocycles. The highest BCUT2D eigenvalue weighted by Crippen LogP contribution is 2.22. The Kier molecular flexibility index (Phi) is 3.97. The average Bonchev–Trinajstić information content (AvgIpc) is 2.33. The molecule has 0 unspecified atom stereocenters. The lowest BCUT2D eigenvalue weighted by molar-refractivity contribution is 0.290. The molecule has 0 aliphatic heterocycles. The maximum Gasteiger partial charge on any atom is 0.221 e. The molecule has 2 aromatic rings. The third kappa shape index (κ3) is 2.96. The minimum Gasteiger partial charge on any atom is -0.472 e.